The van der Waals surface area contributed by atoms with Gasteiger partial charge in [0.1, 0.15) is 4.90 Å². The third-order valence-electron chi connectivity index (χ3n) is 2.42. The zero-order valence-corrected chi connectivity index (χ0v) is 14.0. The summed E-state index contributed by atoms with van der Waals surface area (Å²) in [4.78, 5) is 11.9. The van der Waals surface area contributed by atoms with Crippen LogP contribution in [-0.4, -0.2) is 14.2 Å². The highest BCUT2D eigenvalue weighted by molar-refractivity contribution is 9.11. The maximum atomic E-state index is 12.2. The van der Waals surface area contributed by atoms with Crippen molar-refractivity contribution in [1.82, 2.24) is 0 Å². The number of Topliss-reactive ketones (excluding diaryl/α,β-unsaturated/α-hetero) is 1. The number of halogens is 2. The molecule has 4 nitrogen and oxygen atoms in total. The summed E-state index contributed by atoms with van der Waals surface area (Å²) < 4.78 is 23.6. The number of hydrogen-bond donors (Lipinski definition) is 1. The van der Waals surface area contributed by atoms with E-state index in [2.05, 4.69) is 15.9 Å². The van der Waals surface area contributed by atoms with E-state index in [9.17, 15) is 13.2 Å². The van der Waals surface area contributed by atoms with Gasteiger partial charge in [0, 0.05) is 5.56 Å². The summed E-state index contributed by atoms with van der Waals surface area (Å²) in [5.74, 6) is -0.295. The molecule has 0 atom stereocenters. The van der Waals surface area contributed by atoms with E-state index in [1.807, 2.05) is 6.92 Å². The number of ketones is 1. The van der Waals surface area contributed by atoms with Crippen LogP contribution in [0.5, 0.6) is 0 Å². The lowest BCUT2D eigenvalue weighted by atomic mass is 10.0. The third-order valence-corrected chi connectivity index (χ3v) is 4.08. The normalized spacial score (nSPS) is 13.4. The second-order valence-electron chi connectivity index (χ2n) is 4.12. The molecule has 0 unspecified atom stereocenters. The number of primary sulfonamides is 1. The Morgan fingerprint density at radius 3 is 2.40 bits per heavy atom. The summed E-state index contributed by atoms with van der Waals surface area (Å²) in [5, 5.41) is 5.04. The Bertz CT molecular complexity index is 704. The van der Waals surface area contributed by atoms with Gasteiger partial charge in [0.15, 0.2) is 5.78 Å². The van der Waals surface area contributed by atoms with E-state index >= 15 is 0 Å². The van der Waals surface area contributed by atoms with Crippen molar-refractivity contribution in [3.8, 4) is 0 Å². The van der Waals surface area contributed by atoms with E-state index in [0.717, 1.165) is 4.48 Å². The van der Waals surface area contributed by atoms with Crippen LogP contribution in [0.25, 0.3) is 0 Å². The maximum Gasteiger partial charge on any atom is 0.239 e. The Labute approximate surface area is 131 Å². The van der Waals surface area contributed by atoms with Gasteiger partial charge in [-0.25, -0.2) is 13.6 Å². The molecule has 0 amide bonds. The van der Waals surface area contributed by atoms with Crippen molar-refractivity contribution >= 4 is 43.3 Å². The van der Waals surface area contributed by atoms with Crippen LogP contribution in [0.15, 0.2) is 45.3 Å². The average Bonchev–Trinajstić information content (AvgIpc) is 2.34. The van der Waals surface area contributed by atoms with Gasteiger partial charge in [-0.3, -0.25) is 4.79 Å². The standard InChI is InChI=1S/C13H13BrClNO3S/c1-8(3-4-9(2)14)13(17)10-5-6-11(15)12(7-10)20(16,18)19/h3-7H,1-2H3,(H2,16,18,19)/b8-3+,9-4+. The molecular weight excluding hydrogens is 366 g/mol. The molecule has 1 rings (SSSR count). The van der Waals surface area contributed by atoms with E-state index in [0.29, 0.717) is 5.57 Å². The van der Waals surface area contributed by atoms with Crippen molar-refractivity contribution in [3.63, 3.8) is 0 Å². The Morgan fingerprint density at radius 1 is 1.30 bits per heavy atom. The van der Waals surface area contributed by atoms with Crippen LogP contribution in [0.4, 0.5) is 0 Å². The number of rotatable bonds is 4. The molecule has 108 valence electrons. The number of allylic oxidation sites excluding steroid dienone is 4. The van der Waals surface area contributed by atoms with Gasteiger partial charge in [-0.05, 0) is 42.1 Å². The molecule has 0 saturated carbocycles. The van der Waals surface area contributed by atoms with Gasteiger partial charge in [-0.15, -0.1) is 0 Å². The summed E-state index contributed by atoms with van der Waals surface area (Å²) >= 11 is 9.01. The van der Waals surface area contributed by atoms with E-state index < -0.39 is 10.0 Å². The highest BCUT2D eigenvalue weighted by Gasteiger charge is 2.16. The first-order chi connectivity index (χ1) is 9.12. The lowest BCUT2D eigenvalue weighted by molar-refractivity contribution is 0.103. The fraction of sp³-hybridized carbons (Fsp3) is 0.154. The van der Waals surface area contributed by atoms with Gasteiger partial charge in [-0.2, -0.15) is 0 Å². The monoisotopic (exact) mass is 377 g/mol. The minimum absolute atomic E-state index is 0.0121. The molecule has 0 spiro atoms. The maximum absolute atomic E-state index is 12.2. The van der Waals surface area contributed by atoms with Gasteiger partial charge in [0.05, 0.1) is 5.02 Å². The molecule has 0 radical (unpaired) electrons. The molecule has 0 aliphatic rings. The second kappa shape index (κ2) is 6.67. The molecule has 1 aromatic rings. The first-order valence-electron chi connectivity index (χ1n) is 5.50. The van der Waals surface area contributed by atoms with Crippen LogP contribution >= 0.6 is 27.5 Å². The van der Waals surface area contributed by atoms with Crippen LogP contribution in [0.2, 0.25) is 5.02 Å². The lowest BCUT2D eigenvalue weighted by Crippen LogP contribution is -2.14. The van der Waals surface area contributed by atoms with Crippen LogP contribution in [0, 0.1) is 0 Å². The predicted molar refractivity (Wildman–Crippen MR) is 83.6 cm³/mol. The quantitative estimate of drug-likeness (QED) is 0.495. The summed E-state index contributed by atoms with van der Waals surface area (Å²) in [6.45, 7) is 3.47. The predicted octanol–water partition coefficient (Wildman–Crippen LogP) is 3.42. The number of nitrogens with two attached hydrogens (primary N) is 1. The number of carbonyl (C=O) groups is 1. The topological polar surface area (TPSA) is 77.2 Å². The molecule has 0 aliphatic carbocycles. The first kappa shape index (κ1) is 17.1. The fourth-order valence-corrected chi connectivity index (χ4v) is 2.61. The van der Waals surface area contributed by atoms with Gasteiger partial charge >= 0.3 is 0 Å². The van der Waals surface area contributed by atoms with Crippen molar-refractivity contribution in [2.24, 2.45) is 5.14 Å². The highest BCUT2D eigenvalue weighted by Crippen LogP contribution is 2.23. The summed E-state index contributed by atoms with van der Waals surface area (Å²) in [7, 11) is -3.96. The Morgan fingerprint density at radius 2 is 1.90 bits per heavy atom. The zero-order chi connectivity index (χ0) is 15.5. The molecule has 0 aliphatic heterocycles. The van der Waals surface area contributed by atoms with Crippen molar-refractivity contribution in [2.45, 2.75) is 18.7 Å². The van der Waals surface area contributed by atoms with Crippen molar-refractivity contribution in [3.05, 3.63) is 51.0 Å². The number of hydrogen-bond acceptors (Lipinski definition) is 3. The first-order valence-corrected chi connectivity index (χ1v) is 8.22. The molecule has 0 saturated heterocycles. The van der Waals surface area contributed by atoms with Crippen LogP contribution in [0.3, 0.4) is 0 Å². The Hall–Kier alpha value is -0.950. The lowest BCUT2D eigenvalue weighted by Gasteiger charge is -2.05. The van der Waals surface area contributed by atoms with E-state index in [4.69, 9.17) is 16.7 Å². The molecule has 1 aromatic carbocycles. The van der Waals surface area contributed by atoms with E-state index in [1.165, 1.54) is 18.2 Å². The van der Waals surface area contributed by atoms with Crippen LogP contribution < -0.4 is 5.14 Å². The van der Waals surface area contributed by atoms with Crippen molar-refractivity contribution in [2.75, 3.05) is 0 Å². The fourth-order valence-electron chi connectivity index (χ4n) is 1.41. The van der Waals surface area contributed by atoms with E-state index in [1.54, 1.807) is 19.1 Å². The molecule has 20 heavy (non-hydrogen) atoms. The number of benzene rings is 1. The average molecular weight is 379 g/mol. The third kappa shape index (κ3) is 4.56. The SMILES string of the molecule is C/C(Br)=C\C=C(/C)C(=O)c1ccc(Cl)c(S(N)(=O)=O)c1. The molecule has 0 fully saturated rings. The molecule has 2 N–H and O–H groups in total. The van der Waals surface area contributed by atoms with Gasteiger partial charge in [-0.1, -0.05) is 39.7 Å². The highest BCUT2D eigenvalue weighted by atomic mass is 79.9. The van der Waals surface area contributed by atoms with Gasteiger partial charge in [0.2, 0.25) is 10.0 Å². The molecule has 0 bridgehead atoms. The van der Waals surface area contributed by atoms with Crippen LogP contribution in [-0.2, 0) is 10.0 Å². The van der Waals surface area contributed by atoms with E-state index in [-0.39, 0.29) is 21.3 Å². The summed E-state index contributed by atoms with van der Waals surface area (Å²) in [6.07, 6.45) is 3.36. The largest absolute Gasteiger partial charge is 0.289 e. The van der Waals surface area contributed by atoms with Crippen molar-refractivity contribution < 1.29 is 13.2 Å². The Balaban J connectivity index is 3.26. The minimum atomic E-state index is -3.96. The molecule has 0 heterocycles. The molecule has 7 heteroatoms. The van der Waals surface area contributed by atoms with Crippen molar-refractivity contribution in [1.29, 1.82) is 0 Å². The number of sulfonamides is 1. The summed E-state index contributed by atoms with van der Waals surface area (Å²) in [6, 6.07) is 3.98. The smallest absolute Gasteiger partial charge is 0.239 e. The molecule has 0 aromatic heterocycles. The van der Waals surface area contributed by atoms with Gasteiger partial charge < -0.3 is 0 Å². The Kier molecular flexibility index (Phi) is 5.70. The summed E-state index contributed by atoms with van der Waals surface area (Å²) in [5.41, 5.74) is 0.680. The zero-order valence-electron chi connectivity index (χ0n) is 10.9. The minimum Gasteiger partial charge on any atom is -0.289 e. The van der Waals surface area contributed by atoms with Gasteiger partial charge in [0.25, 0.3) is 0 Å². The van der Waals surface area contributed by atoms with Crippen LogP contribution in [0.1, 0.15) is 24.2 Å². The second-order valence-corrected chi connectivity index (χ2v) is 7.31. The number of carbonyl (C=O) groups excluding carboxylic acids is 1. The molecular formula is C13H13BrClNO3S.